The topological polar surface area (TPSA) is 61.8 Å². The van der Waals surface area contributed by atoms with Gasteiger partial charge < -0.3 is 14.2 Å². The van der Waals surface area contributed by atoms with Crippen molar-refractivity contribution >= 4 is 11.9 Å². The molecule has 1 atom stereocenters. The first-order valence-corrected chi connectivity index (χ1v) is 28.4. The number of rotatable bonds is 51. The van der Waals surface area contributed by atoms with Crippen LogP contribution in [0.15, 0.2) is 109 Å². The molecule has 68 heavy (non-hydrogen) atoms. The lowest BCUT2D eigenvalue weighted by Crippen LogP contribution is -2.29. The molecule has 0 aliphatic heterocycles. The number of carbonyl (C=O) groups excluding carboxylic acids is 2. The van der Waals surface area contributed by atoms with Gasteiger partial charge in [-0.15, -0.1) is 0 Å². The molecule has 0 aliphatic rings. The van der Waals surface area contributed by atoms with Gasteiger partial charge in [-0.05, 0) is 103 Å². The number of hydrogen-bond acceptors (Lipinski definition) is 5. The highest BCUT2D eigenvalue weighted by Gasteiger charge is 2.16. The molecule has 0 fully saturated rings. The van der Waals surface area contributed by atoms with Gasteiger partial charge in [-0.25, -0.2) is 0 Å². The molecular formula is C63H106O5. The summed E-state index contributed by atoms with van der Waals surface area (Å²) in [4.78, 5) is 25.3. The molecule has 0 aromatic carbocycles. The average Bonchev–Trinajstić information content (AvgIpc) is 3.34. The van der Waals surface area contributed by atoms with Crippen LogP contribution in [0.5, 0.6) is 0 Å². The minimum Gasteiger partial charge on any atom is -0.463 e. The SMILES string of the molecule is CC/C=C\C/C=C\C/C=C\C/C=C\C/C=C\CCCCCC(=O)OC[C@H](COC(=O)CCC/C=C\C/C=C\C/C=C\C/C=C\CCCCC)OCCCCCCCCCCCCCCCCCC. The minimum absolute atomic E-state index is 0.114. The predicted octanol–water partition coefficient (Wildman–Crippen LogP) is 19.6. The summed E-state index contributed by atoms with van der Waals surface area (Å²) in [6.07, 6.45) is 79.9. The summed E-state index contributed by atoms with van der Waals surface area (Å²) in [5, 5.41) is 0. The van der Waals surface area contributed by atoms with Crippen LogP contribution in [-0.2, 0) is 23.8 Å². The molecule has 0 aromatic rings. The van der Waals surface area contributed by atoms with E-state index in [0.29, 0.717) is 19.4 Å². The first kappa shape index (κ1) is 64.6. The Kier molecular flexibility index (Phi) is 54.9. The number of unbranched alkanes of at least 4 members (excludes halogenated alkanes) is 22. The molecule has 0 rings (SSSR count). The second-order valence-electron chi connectivity index (χ2n) is 18.5. The van der Waals surface area contributed by atoms with Gasteiger partial charge in [-0.2, -0.15) is 0 Å². The normalized spacial score (nSPS) is 13.0. The van der Waals surface area contributed by atoms with E-state index in [1.807, 2.05) is 0 Å². The minimum atomic E-state index is -0.442. The van der Waals surface area contributed by atoms with Gasteiger partial charge in [0, 0.05) is 19.4 Å². The van der Waals surface area contributed by atoms with Crippen molar-refractivity contribution in [2.45, 2.75) is 258 Å². The zero-order chi connectivity index (χ0) is 49.2. The quantitative estimate of drug-likeness (QED) is 0.0345. The fraction of sp³-hybridized carbons (Fsp3) is 0.683. The van der Waals surface area contributed by atoms with Gasteiger partial charge in [-0.3, -0.25) is 9.59 Å². The standard InChI is InChI=1S/C63H106O5/c1-4-7-10-13-16-19-22-25-28-31-32-34-36-39-42-45-48-51-54-57-63(65)68-60-61(66-58-55-52-49-46-43-40-37-30-27-24-21-18-15-12-9-6-3)59-67-62(64)56-53-50-47-44-41-38-35-33-29-26-23-20-17-14-11-8-5-2/h7,10,16-17,19-20,25-26,28-29,32,34-35,38-39,42,44,47,61H,4-6,8-9,11-15,18,21-24,27,30-31,33,36-37,40-41,43,45-46,48-60H2,1-3H3/b10-7-,19-16-,20-17-,28-25-,29-26-,34-32-,38-35-,42-39-,47-44-/t61-/m0/s1. The third-order valence-electron chi connectivity index (χ3n) is 11.8. The molecule has 0 amide bonds. The van der Waals surface area contributed by atoms with Gasteiger partial charge in [0.25, 0.3) is 0 Å². The summed E-state index contributed by atoms with van der Waals surface area (Å²) in [7, 11) is 0. The Bertz CT molecular complexity index is 1340. The summed E-state index contributed by atoms with van der Waals surface area (Å²) >= 11 is 0. The number of ether oxygens (including phenoxy) is 3. The van der Waals surface area contributed by atoms with Gasteiger partial charge in [-0.1, -0.05) is 246 Å². The van der Waals surface area contributed by atoms with Gasteiger partial charge in [0.1, 0.15) is 19.3 Å². The number of allylic oxidation sites excluding steroid dienone is 18. The Hall–Kier alpha value is -3.44. The van der Waals surface area contributed by atoms with Crippen LogP contribution in [0.3, 0.4) is 0 Å². The summed E-state index contributed by atoms with van der Waals surface area (Å²) in [6, 6.07) is 0. The molecule has 0 saturated carbocycles. The summed E-state index contributed by atoms with van der Waals surface area (Å²) in [5.41, 5.74) is 0. The van der Waals surface area contributed by atoms with E-state index in [9.17, 15) is 9.59 Å². The lowest BCUT2D eigenvalue weighted by Gasteiger charge is -2.18. The van der Waals surface area contributed by atoms with Crippen molar-refractivity contribution in [1.29, 1.82) is 0 Å². The highest BCUT2D eigenvalue weighted by molar-refractivity contribution is 5.69. The smallest absolute Gasteiger partial charge is 0.305 e. The molecule has 0 heterocycles. The van der Waals surface area contributed by atoms with Crippen LogP contribution in [0.2, 0.25) is 0 Å². The summed E-state index contributed by atoms with van der Waals surface area (Å²) in [6.45, 7) is 7.50. The highest BCUT2D eigenvalue weighted by Crippen LogP contribution is 2.15. The van der Waals surface area contributed by atoms with Crippen LogP contribution < -0.4 is 0 Å². The number of carbonyl (C=O) groups is 2. The monoisotopic (exact) mass is 943 g/mol. The fourth-order valence-corrected chi connectivity index (χ4v) is 7.56. The fourth-order valence-electron chi connectivity index (χ4n) is 7.56. The second-order valence-corrected chi connectivity index (χ2v) is 18.5. The lowest BCUT2D eigenvalue weighted by molar-refractivity contribution is -0.155. The van der Waals surface area contributed by atoms with E-state index in [0.717, 1.165) is 103 Å². The molecule has 0 spiro atoms. The predicted molar refractivity (Wildman–Crippen MR) is 297 cm³/mol. The molecule has 0 bridgehead atoms. The van der Waals surface area contributed by atoms with Crippen molar-refractivity contribution in [3.05, 3.63) is 109 Å². The van der Waals surface area contributed by atoms with E-state index in [4.69, 9.17) is 14.2 Å². The van der Waals surface area contributed by atoms with E-state index in [1.54, 1.807) is 0 Å². The van der Waals surface area contributed by atoms with Crippen LogP contribution >= 0.6 is 0 Å². The number of esters is 2. The largest absolute Gasteiger partial charge is 0.463 e. The van der Waals surface area contributed by atoms with Crippen molar-refractivity contribution in [3.8, 4) is 0 Å². The van der Waals surface area contributed by atoms with Crippen LogP contribution in [0.25, 0.3) is 0 Å². The maximum absolute atomic E-state index is 12.7. The van der Waals surface area contributed by atoms with E-state index in [-0.39, 0.29) is 25.2 Å². The molecular weight excluding hydrogens is 837 g/mol. The zero-order valence-corrected chi connectivity index (χ0v) is 44.6. The van der Waals surface area contributed by atoms with Crippen LogP contribution in [0.1, 0.15) is 252 Å². The number of hydrogen-bond donors (Lipinski definition) is 0. The molecule has 0 aliphatic carbocycles. The van der Waals surface area contributed by atoms with Gasteiger partial charge in [0.05, 0.1) is 0 Å². The molecule has 0 N–H and O–H groups in total. The maximum Gasteiger partial charge on any atom is 0.305 e. The van der Waals surface area contributed by atoms with Crippen molar-refractivity contribution in [2.24, 2.45) is 0 Å². The molecule has 5 nitrogen and oxygen atoms in total. The lowest BCUT2D eigenvalue weighted by atomic mass is 10.0. The van der Waals surface area contributed by atoms with Crippen LogP contribution in [-0.4, -0.2) is 37.9 Å². The molecule has 388 valence electrons. The Morgan fingerprint density at radius 1 is 0.324 bits per heavy atom. The zero-order valence-electron chi connectivity index (χ0n) is 44.6. The first-order chi connectivity index (χ1) is 33.6. The Morgan fingerprint density at radius 3 is 1.01 bits per heavy atom. The molecule has 5 heteroatoms. The van der Waals surface area contributed by atoms with E-state index < -0.39 is 6.10 Å². The van der Waals surface area contributed by atoms with E-state index >= 15 is 0 Å². The highest BCUT2D eigenvalue weighted by atomic mass is 16.6. The molecule has 0 unspecified atom stereocenters. The Morgan fingerprint density at radius 2 is 0.618 bits per heavy atom. The van der Waals surface area contributed by atoms with Crippen molar-refractivity contribution in [1.82, 2.24) is 0 Å². The van der Waals surface area contributed by atoms with Crippen molar-refractivity contribution in [3.63, 3.8) is 0 Å². The van der Waals surface area contributed by atoms with E-state index in [2.05, 4.69) is 130 Å². The van der Waals surface area contributed by atoms with Crippen molar-refractivity contribution < 1.29 is 23.8 Å². The third kappa shape index (κ3) is 55.2. The Labute approximate surface area is 421 Å². The Balaban J connectivity index is 4.42. The van der Waals surface area contributed by atoms with Gasteiger partial charge in [0.2, 0.25) is 0 Å². The molecule has 0 radical (unpaired) electrons. The molecule has 0 aromatic heterocycles. The third-order valence-corrected chi connectivity index (χ3v) is 11.8. The summed E-state index contributed by atoms with van der Waals surface area (Å²) in [5.74, 6) is -0.433. The van der Waals surface area contributed by atoms with E-state index in [1.165, 1.54) is 116 Å². The maximum atomic E-state index is 12.7. The van der Waals surface area contributed by atoms with Gasteiger partial charge in [0.15, 0.2) is 0 Å². The summed E-state index contributed by atoms with van der Waals surface area (Å²) < 4.78 is 17.4. The average molecular weight is 944 g/mol. The van der Waals surface area contributed by atoms with Crippen LogP contribution in [0.4, 0.5) is 0 Å². The first-order valence-electron chi connectivity index (χ1n) is 28.4. The second kappa shape index (κ2) is 57.9. The van der Waals surface area contributed by atoms with Crippen LogP contribution in [0, 0.1) is 0 Å². The van der Waals surface area contributed by atoms with Gasteiger partial charge >= 0.3 is 11.9 Å². The van der Waals surface area contributed by atoms with Crippen molar-refractivity contribution in [2.75, 3.05) is 19.8 Å². The molecule has 0 saturated heterocycles.